The van der Waals surface area contributed by atoms with Crippen LogP contribution in [0, 0.1) is 5.82 Å². The fourth-order valence-electron chi connectivity index (χ4n) is 2.92. The van der Waals surface area contributed by atoms with Crippen molar-refractivity contribution in [2.24, 2.45) is 0 Å². The Morgan fingerprint density at radius 3 is 3.05 bits per heavy atom. The molecule has 0 aliphatic carbocycles. The number of nitrogens with zero attached hydrogens (tertiary/aromatic N) is 1. The van der Waals surface area contributed by atoms with Crippen LogP contribution in [0.15, 0.2) is 41.0 Å². The van der Waals surface area contributed by atoms with Gasteiger partial charge in [0.15, 0.2) is 5.76 Å². The topological polar surface area (TPSA) is 49.2 Å². The number of H-pyrrole nitrogens is 1. The molecule has 0 atom stereocenters. The van der Waals surface area contributed by atoms with Gasteiger partial charge in [0, 0.05) is 41.7 Å². The minimum Gasteiger partial charge on any atom is -0.459 e. The van der Waals surface area contributed by atoms with Crippen molar-refractivity contribution in [1.29, 1.82) is 0 Å². The number of benzene rings is 1. The van der Waals surface area contributed by atoms with Crippen LogP contribution in [0.5, 0.6) is 0 Å². The van der Waals surface area contributed by atoms with Crippen LogP contribution in [0.3, 0.4) is 0 Å². The summed E-state index contributed by atoms with van der Waals surface area (Å²) in [6.07, 6.45) is 2.22. The number of carbonyl (C=O) groups excluding carboxylic acids is 1. The normalized spacial score (nSPS) is 14.4. The fraction of sp³-hybridized carbons (Fsp3) is 0.188. The summed E-state index contributed by atoms with van der Waals surface area (Å²) in [6.45, 7) is 1.10. The Morgan fingerprint density at radius 2 is 2.24 bits per heavy atom. The van der Waals surface area contributed by atoms with Crippen LogP contribution in [0.4, 0.5) is 4.39 Å². The van der Waals surface area contributed by atoms with Gasteiger partial charge in [-0.2, -0.15) is 0 Å². The second kappa shape index (κ2) is 4.48. The molecule has 1 amide bonds. The van der Waals surface area contributed by atoms with E-state index in [9.17, 15) is 9.18 Å². The van der Waals surface area contributed by atoms with Crippen LogP contribution in [-0.2, 0) is 13.0 Å². The van der Waals surface area contributed by atoms with Crippen LogP contribution >= 0.6 is 0 Å². The molecule has 106 valence electrons. The lowest BCUT2D eigenvalue weighted by Gasteiger charge is -2.26. The molecule has 0 spiro atoms. The zero-order chi connectivity index (χ0) is 14.4. The first-order valence-electron chi connectivity index (χ1n) is 6.84. The molecule has 0 saturated heterocycles. The quantitative estimate of drug-likeness (QED) is 0.746. The summed E-state index contributed by atoms with van der Waals surface area (Å²) in [7, 11) is 0. The van der Waals surface area contributed by atoms with Gasteiger partial charge in [-0.3, -0.25) is 4.79 Å². The molecular weight excluding hydrogens is 271 g/mol. The second-order valence-corrected chi connectivity index (χ2v) is 5.23. The molecule has 1 N–H and O–H groups in total. The Balaban J connectivity index is 1.72. The predicted molar refractivity (Wildman–Crippen MR) is 75.4 cm³/mol. The van der Waals surface area contributed by atoms with Crippen LogP contribution in [-0.4, -0.2) is 22.3 Å². The molecule has 1 aliphatic rings. The van der Waals surface area contributed by atoms with Crippen LogP contribution in [0.25, 0.3) is 10.9 Å². The summed E-state index contributed by atoms with van der Waals surface area (Å²) in [5.41, 5.74) is 2.99. The Kier molecular flexibility index (Phi) is 2.60. The van der Waals surface area contributed by atoms with Crippen molar-refractivity contribution in [2.45, 2.75) is 13.0 Å². The van der Waals surface area contributed by atoms with E-state index in [1.807, 2.05) is 0 Å². The van der Waals surface area contributed by atoms with E-state index in [0.717, 1.165) is 28.6 Å². The lowest BCUT2D eigenvalue weighted by molar-refractivity contribution is 0.0703. The van der Waals surface area contributed by atoms with Gasteiger partial charge in [-0.15, -0.1) is 0 Å². The molecule has 4 nitrogen and oxygen atoms in total. The van der Waals surface area contributed by atoms with E-state index >= 15 is 0 Å². The van der Waals surface area contributed by atoms with Crippen molar-refractivity contribution in [2.75, 3.05) is 6.54 Å². The minimum absolute atomic E-state index is 0.128. The third-order valence-corrected chi connectivity index (χ3v) is 3.96. The SMILES string of the molecule is O=C(c1ccco1)N1CCc2[nH]c3ccc(F)cc3c2C1. The molecule has 0 unspecified atom stereocenters. The minimum atomic E-state index is -0.265. The van der Waals surface area contributed by atoms with Crippen LogP contribution in [0.1, 0.15) is 21.8 Å². The average Bonchev–Trinajstić information content (AvgIpc) is 3.13. The molecule has 0 radical (unpaired) electrons. The first kappa shape index (κ1) is 12.2. The van der Waals surface area contributed by atoms with E-state index < -0.39 is 0 Å². The van der Waals surface area contributed by atoms with E-state index in [1.165, 1.54) is 18.4 Å². The average molecular weight is 284 g/mol. The Hall–Kier alpha value is -2.56. The number of rotatable bonds is 1. The monoisotopic (exact) mass is 284 g/mol. The molecule has 4 rings (SSSR count). The molecule has 0 fully saturated rings. The molecule has 5 heteroatoms. The van der Waals surface area contributed by atoms with Crippen molar-refractivity contribution >= 4 is 16.8 Å². The number of furan rings is 1. The highest BCUT2D eigenvalue weighted by Gasteiger charge is 2.26. The van der Waals surface area contributed by atoms with Gasteiger partial charge in [-0.25, -0.2) is 4.39 Å². The maximum Gasteiger partial charge on any atom is 0.289 e. The van der Waals surface area contributed by atoms with E-state index in [0.29, 0.717) is 18.8 Å². The van der Waals surface area contributed by atoms with Crippen molar-refractivity contribution in [3.8, 4) is 0 Å². The zero-order valence-electron chi connectivity index (χ0n) is 11.2. The lowest BCUT2D eigenvalue weighted by Crippen LogP contribution is -2.35. The van der Waals surface area contributed by atoms with Gasteiger partial charge < -0.3 is 14.3 Å². The molecule has 0 bridgehead atoms. The molecule has 0 saturated carbocycles. The van der Waals surface area contributed by atoms with Gasteiger partial charge >= 0.3 is 0 Å². The van der Waals surface area contributed by atoms with Crippen molar-refractivity contribution in [3.63, 3.8) is 0 Å². The second-order valence-electron chi connectivity index (χ2n) is 5.23. The first-order valence-corrected chi connectivity index (χ1v) is 6.84. The Bertz CT molecular complexity index is 820. The highest BCUT2D eigenvalue weighted by atomic mass is 19.1. The molecule has 3 aromatic rings. The highest BCUT2D eigenvalue weighted by molar-refractivity contribution is 5.92. The third-order valence-electron chi connectivity index (χ3n) is 3.96. The van der Waals surface area contributed by atoms with Gasteiger partial charge in [0.05, 0.1) is 6.26 Å². The molecule has 1 aromatic carbocycles. The van der Waals surface area contributed by atoms with E-state index in [1.54, 1.807) is 23.1 Å². The van der Waals surface area contributed by atoms with Gasteiger partial charge in [0.2, 0.25) is 0 Å². The predicted octanol–water partition coefficient (Wildman–Crippen LogP) is 3.10. The third kappa shape index (κ3) is 1.93. The van der Waals surface area contributed by atoms with Crippen LogP contribution in [0.2, 0.25) is 0 Å². The number of nitrogens with one attached hydrogen (secondary N) is 1. The zero-order valence-corrected chi connectivity index (χ0v) is 11.2. The number of amides is 1. The summed E-state index contributed by atoms with van der Waals surface area (Å²) in [5.74, 6) is -0.0559. The van der Waals surface area contributed by atoms with Crippen molar-refractivity contribution < 1.29 is 13.6 Å². The molecule has 3 heterocycles. The van der Waals surface area contributed by atoms with Gasteiger partial charge in [0.1, 0.15) is 5.82 Å². The molecule has 1 aliphatic heterocycles. The number of aromatic nitrogens is 1. The van der Waals surface area contributed by atoms with E-state index in [2.05, 4.69) is 4.98 Å². The van der Waals surface area contributed by atoms with Crippen LogP contribution < -0.4 is 0 Å². The van der Waals surface area contributed by atoms with Gasteiger partial charge in [-0.1, -0.05) is 0 Å². The Labute approximate surface area is 120 Å². The number of halogens is 1. The maximum atomic E-state index is 13.5. The number of carbonyl (C=O) groups is 1. The standard InChI is InChI=1S/C16H13FN2O2/c17-10-3-4-13-11(8-10)12-9-19(6-5-14(12)18-13)16(20)15-2-1-7-21-15/h1-4,7-8,18H,5-6,9H2. The summed E-state index contributed by atoms with van der Waals surface area (Å²) < 4.78 is 18.6. The van der Waals surface area contributed by atoms with Gasteiger partial charge in [-0.05, 0) is 30.3 Å². The smallest absolute Gasteiger partial charge is 0.289 e. The summed E-state index contributed by atoms with van der Waals surface area (Å²) in [5, 5.41) is 0.849. The van der Waals surface area contributed by atoms with Crippen molar-refractivity contribution in [1.82, 2.24) is 9.88 Å². The van der Waals surface area contributed by atoms with Crippen molar-refractivity contribution in [3.05, 3.63) is 59.4 Å². The van der Waals surface area contributed by atoms with E-state index in [-0.39, 0.29) is 11.7 Å². The van der Waals surface area contributed by atoms with E-state index in [4.69, 9.17) is 4.42 Å². The summed E-state index contributed by atoms with van der Waals surface area (Å²) in [4.78, 5) is 17.4. The van der Waals surface area contributed by atoms with Gasteiger partial charge in [0.25, 0.3) is 5.91 Å². The summed E-state index contributed by atoms with van der Waals surface area (Å²) in [6, 6.07) is 8.06. The number of hydrogen-bond donors (Lipinski definition) is 1. The summed E-state index contributed by atoms with van der Waals surface area (Å²) >= 11 is 0. The lowest BCUT2D eigenvalue weighted by atomic mass is 10.0. The molecular formula is C16H13FN2O2. The number of aromatic amines is 1. The largest absolute Gasteiger partial charge is 0.459 e. The molecule has 2 aromatic heterocycles. The Morgan fingerprint density at radius 1 is 1.33 bits per heavy atom. The maximum absolute atomic E-state index is 13.5. The molecule has 21 heavy (non-hydrogen) atoms. The first-order chi connectivity index (χ1) is 10.2. The fourth-order valence-corrected chi connectivity index (χ4v) is 2.92. The number of fused-ring (bicyclic) bond motifs is 3. The highest BCUT2D eigenvalue weighted by Crippen LogP contribution is 2.29. The number of hydrogen-bond acceptors (Lipinski definition) is 2.